The maximum atomic E-state index is 12.2. The highest BCUT2D eigenvalue weighted by Gasteiger charge is 2.21. The van der Waals surface area contributed by atoms with Gasteiger partial charge in [0.25, 0.3) is 11.5 Å². The zero-order valence-electron chi connectivity index (χ0n) is 11.4. The van der Waals surface area contributed by atoms with Crippen LogP contribution in [0.25, 0.3) is 11.0 Å². The van der Waals surface area contributed by atoms with Gasteiger partial charge in [0.15, 0.2) is 7.85 Å². The van der Waals surface area contributed by atoms with Crippen molar-refractivity contribution < 1.29 is 19.8 Å². The second-order valence-electron chi connectivity index (χ2n) is 4.49. The van der Waals surface area contributed by atoms with E-state index < -0.39 is 35.3 Å². The molecule has 0 aliphatic rings. The van der Waals surface area contributed by atoms with Gasteiger partial charge in [0.2, 0.25) is 0 Å². The first-order valence-corrected chi connectivity index (χ1v) is 6.02. The maximum Gasteiger partial charge on any atom is 0.322 e. The average Bonchev–Trinajstić information content (AvgIpc) is 2.42. The van der Waals surface area contributed by atoms with Crippen LogP contribution in [0.15, 0.2) is 16.9 Å². The second kappa shape index (κ2) is 5.27. The number of nitrogens with zero attached hydrogens (tertiary/aromatic N) is 2. The molecule has 8 nitrogen and oxygen atoms in total. The third kappa shape index (κ3) is 2.57. The fraction of sp³-hybridized carbons (Fsp3) is 0.167. The number of carbonyl (C=O) groups is 2. The van der Waals surface area contributed by atoms with Gasteiger partial charge in [-0.1, -0.05) is 0 Å². The number of fused-ring (bicyclic) bond motifs is 1. The van der Waals surface area contributed by atoms with Crippen molar-refractivity contribution in [1.82, 2.24) is 14.9 Å². The van der Waals surface area contributed by atoms with Gasteiger partial charge in [-0.25, -0.2) is 4.98 Å². The lowest BCUT2D eigenvalue weighted by Crippen LogP contribution is -2.35. The van der Waals surface area contributed by atoms with Crippen molar-refractivity contribution in [3.63, 3.8) is 0 Å². The summed E-state index contributed by atoms with van der Waals surface area (Å²) in [4.78, 5) is 38.6. The number of hydrogen-bond donors (Lipinski definition) is 3. The SMILES string of the molecule is Bc1ccc2c(O)c(C(=O)NCC(=O)O)c(=O)n(C)c2n1. The van der Waals surface area contributed by atoms with E-state index in [4.69, 9.17) is 5.11 Å². The van der Waals surface area contributed by atoms with Crippen LogP contribution in [0.4, 0.5) is 0 Å². The van der Waals surface area contributed by atoms with E-state index >= 15 is 0 Å². The predicted molar refractivity (Wildman–Crippen MR) is 76.8 cm³/mol. The van der Waals surface area contributed by atoms with Crippen LogP contribution in [-0.4, -0.2) is 46.0 Å². The van der Waals surface area contributed by atoms with Crippen molar-refractivity contribution >= 4 is 36.3 Å². The monoisotopic (exact) mass is 289 g/mol. The van der Waals surface area contributed by atoms with Crippen molar-refractivity contribution in [3.05, 3.63) is 28.0 Å². The van der Waals surface area contributed by atoms with E-state index in [1.807, 2.05) is 0 Å². The summed E-state index contributed by atoms with van der Waals surface area (Å²) in [6.07, 6.45) is 0. The van der Waals surface area contributed by atoms with Crippen LogP contribution in [0.1, 0.15) is 10.4 Å². The number of carbonyl (C=O) groups excluding carboxylic acids is 1. The van der Waals surface area contributed by atoms with Gasteiger partial charge in [-0.3, -0.25) is 19.0 Å². The van der Waals surface area contributed by atoms with Gasteiger partial charge in [0.1, 0.15) is 23.5 Å². The molecule has 0 bridgehead atoms. The van der Waals surface area contributed by atoms with Crippen molar-refractivity contribution in [1.29, 1.82) is 0 Å². The molecule has 0 atom stereocenters. The number of amides is 1. The minimum absolute atomic E-state index is 0.239. The molecular formula is C12H12BN3O5. The van der Waals surface area contributed by atoms with Crippen LogP contribution < -0.4 is 16.5 Å². The summed E-state index contributed by atoms with van der Waals surface area (Å²) in [6, 6.07) is 3.17. The molecule has 0 radical (unpaired) electrons. The third-order valence-electron chi connectivity index (χ3n) is 2.97. The summed E-state index contributed by atoms with van der Waals surface area (Å²) in [5.41, 5.74) is -0.356. The summed E-state index contributed by atoms with van der Waals surface area (Å²) in [5, 5.41) is 20.9. The van der Waals surface area contributed by atoms with E-state index in [-0.39, 0.29) is 11.0 Å². The number of hydrogen-bond acceptors (Lipinski definition) is 5. The maximum absolute atomic E-state index is 12.2. The molecule has 0 fully saturated rings. The van der Waals surface area contributed by atoms with E-state index in [0.29, 0.717) is 5.59 Å². The van der Waals surface area contributed by atoms with Gasteiger partial charge in [-0.05, 0) is 17.7 Å². The Morgan fingerprint density at radius 3 is 2.71 bits per heavy atom. The van der Waals surface area contributed by atoms with Gasteiger partial charge in [0, 0.05) is 7.05 Å². The Labute approximate surface area is 119 Å². The Morgan fingerprint density at radius 1 is 1.43 bits per heavy atom. The number of aliphatic carboxylic acids is 1. The minimum Gasteiger partial charge on any atom is -0.506 e. The normalized spacial score (nSPS) is 10.5. The van der Waals surface area contributed by atoms with E-state index in [1.165, 1.54) is 7.05 Å². The van der Waals surface area contributed by atoms with Gasteiger partial charge < -0.3 is 15.5 Å². The molecule has 0 unspecified atom stereocenters. The Balaban J connectivity index is 2.65. The van der Waals surface area contributed by atoms with Crippen LogP contribution in [0.5, 0.6) is 5.75 Å². The standard InChI is InChI=1S/C12H12BN3O5/c1-16-10-5(2-3-6(13)15-10)9(19)8(12(16)21)11(20)14-4-7(17)18/h2-3,19H,4,13H2,1H3,(H,14,20)(H,17,18). The molecule has 1 amide bonds. The lowest BCUT2D eigenvalue weighted by Gasteiger charge is -2.11. The van der Waals surface area contributed by atoms with Crippen molar-refractivity contribution in [2.45, 2.75) is 0 Å². The lowest BCUT2D eigenvalue weighted by atomic mass is 10.0. The van der Waals surface area contributed by atoms with Gasteiger partial charge in [-0.15, -0.1) is 0 Å². The first-order chi connectivity index (χ1) is 9.82. The fourth-order valence-corrected chi connectivity index (χ4v) is 1.93. The zero-order valence-corrected chi connectivity index (χ0v) is 11.4. The largest absolute Gasteiger partial charge is 0.506 e. The smallest absolute Gasteiger partial charge is 0.322 e. The Kier molecular flexibility index (Phi) is 3.66. The number of rotatable bonds is 3. The molecule has 0 aliphatic heterocycles. The number of pyridine rings is 2. The highest BCUT2D eigenvalue weighted by molar-refractivity contribution is 6.31. The van der Waals surface area contributed by atoms with Crippen LogP contribution in [-0.2, 0) is 11.8 Å². The van der Waals surface area contributed by atoms with Crippen LogP contribution in [0, 0.1) is 0 Å². The molecular weight excluding hydrogens is 277 g/mol. The van der Waals surface area contributed by atoms with Crippen molar-refractivity contribution in [2.75, 3.05) is 6.54 Å². The first-order valence-electron chi connectivity index (χ1n) is 6.02. The second-order valence-corrected chi connectivity index (χ2v) is 4.49. The molecule has 3 N–H and O–H groups in total. The highest BCUT2D eigenvalue weighted by Crippen LogP contribution is 2.23. The summed E-state index contributed by atoms with van der Waals surface area (Å²) in [7, 11) is 3.15. The molecule has 21 heavy (non-hydrogen) atoms. The van der Waals surface area contributed by atoms with Crippen LogP contribution in [0.3, 0.4) is 0 Å². The van der Waals surface area contributed by atoms with Crippen molar-refractivity contribution in [3.8, 4) is 5.75 Å². The van der Waals surface area contributed by atoms with E-state index in [2.05, 4.69) is 10.3 Å². The van der Waals surface area contributed by atoms with Crippen LogP contribution in [0.2, 0.25) is 0 Å². The van der Waals surface area contributed by atoms with Gasteiger partial charge in [-0.2, -0.15) is 0 Å². The quantitative estimate of drug-likeness (QED) is 0.547. The predicted octanol–water partition coefficient (Wildman–Crippen LogP) is -2.29. The highest BCUT2D eigenvalue weighted by atomic mass is 16.4. The summed E-state index contributed by atoms with van der Waals surface area (Å²) >= 11 is 0. The number of carboxylic acid groups (broad SMARTS) is 1. The molecule has 2 heterocycles. The summed E-state index contributed by atoms with van der Waals surface area (Å²) < 4.78 is 1.14. The van der Waals surface area contributed by atoms with Gasteiger partial charge in [0.05, 0.1) is 5.39 Å². The molecule has 0 saturated heterocycles. The number of aryl methyl sites for hydroxylation is 1. The lowest BCUT2D eigenvalue weighted by molar-refractivity contribution is -0.135. The fourth-order valence-electron chi connectivity index (χ4n) is 1.93. The Hall–Kier alpha value is -2.84. The van der Waals surface area contributed by atoms with Gasteiger partial charge >= 0.3 is 5.97 Å². The first kappa shape index (κ1) is 14.6. The summed E-state index contributed by atoms with van der Waals surface area (Å²) in [6.45, 7) is -0.647. The number of aromatic nitrogens is 2. The zero-order chi connectivity index (χ0) is 15.7. The molecule has 2 aromatic heterocycles. The molecule has 9 heteroatoms. The molecule has 108 valence electrons. The molecule has 0 aromatic carbocycles. The average molecular weight is 289 g/mol. The minimum atomic E-state index is -1.25. The molecule has 2 rings (SSSR count). The molecule has 2 aromatic rings. The Bertz CT molecular complexity index is 815. The van der Waals surface area contributed by atoms with E-state index in [9.17, 15) is 19.5 Å². The summed E-state index contributed by atoms with van der Waals surface area (Å²) in [5.74, 6) is -2.71. The van der Waals surface area contributed by atoms with E-state index in [0.717, 1.165) is 4.57 Å². The number of aromatic hydroxyl groups is 1. The Morgan fingerprint density at radius 2 is 2.10 bits per heavy atom. The topological polar surface area (TPSA) is 122 Å². The molecule has 0 aliphatic carbocycles. The number of carboxylic acids is 1. The number of nitrogens with one attached hydrogen (secondary N) is 1. The van der Waals surface area contributed by atoms with Crippen molar-refractivity contribution in [2.24, 2.45) is 7.05 Å². The third-order valence-corrected chi connectivity index (χ3v) is 2.97. The molecule has 0 saturated carbocycles. The molecule has 0 spiro atoms. The van der Waals surface area contributed by atoms with Crippen LogP contribution >= 0.6 is 0 Å². The van der Waals surface area contributed by atoms with E-state index in [1.54, 1.807) is 20.0 Å².